The highest BCUT2D eigenvalue weighted by molar-refractivity contribution is 5.89. The summed E-state index contributed by atoms with van der Waals surface area (Å²) in [5.41, 5.74) is -0.464. The van der Waals surface area contributed by atoms with Gasteiger partial charge in [-0.05, 0) is 25.7 Å². The summed E-state index contributed by atoms with van der Waals surface area (Å²) in [5.74, 6) is 0.516. The van der Waals surface area contributed by atoms with Crippen LogP contribution in [0.25, 0.3) is 0 Å². The molecule has 0 bridgehead atoms. The van der Waals surface area contributed by atoms with Crippen LogP contribution in [0.2, 0.25) is 0 Å². The van der Waals surface area contributed by atoms with E-state index in [9.17, 15) is 9.59 Å². The molecule has 3 unspecified atom stereocenters. The van der Waals surface area contributed by atoms with E-state index in [1.807, 2.05) is 20.8 Å². The second-order valence-corrected chi connectivity index (χ2v) is 6.92. The summed E-state index contributed by atoms with van der Waals surface area (Å²) in [6.45, 7) is 9.50. The van der Waals surface area contributed by atoms with E-state index in [1.165, 1.54) is 12.8 Å². The number of rotatable bonds is 3. The lowest BCUT2D eigenvalue weighted by molar-refractivity contribution is -0.133. The van der Waals surface area contributed by atoms with Crippen molar-refractivity contribution >= 4 is 11.8 Å². The summed E-state index contributed by atoms with van der Waals surface area (Å²) in [6.07, 6.45) is 4.53. The molecule has 0 aromatic rings. The Labute approximate surface area is 116 Å². The molecule has 2 amide bonds. The molecule has 1 aliphatic carbocycles. The highest BCUT2D eigenvalue weighted by atomic mass is 16.2. The van der Waals surface area contributed by atoms with Gasteiger partial charge in [0.15, 0.2) is 0 Å². The van der Waals surface area contributed by atoms with Crippen LogP contribution in [0.15, 0.2) is 0 Å². The van der Waals surface area contributed by atoms with Crippen LogP contribution in [0.3, 0.4) is 0 Å². The fourth-order valence-electron chi connectivity index (χ4n) is 2.37. The molecule has 1 aliphatic rings. The van der Waals surface area contributed by atoms with Gasteiger partial charge in [0.05, 0.1) is 0 Å². The molecule has 2 N–H and O–H groups in total. The Kier molecular flexibility index (Phi) is 5.39. The van der Waals surface area contributed by atoms with E-state index < -0.39 is 11.5 Å². The fraction of sp³-hybridized carbons (Fsp3) is 0.867. The van der Waals surface area contributed by atoms with Crippen LogP contribution >= 0.6 is 0 Å². The smallest absolute Gasteiger partial charge is 0.242 e. The van der Waals surface area contributed by atoms with Crippen LogP contribution in [0, 0.1) is 11.3 Å². The molecule has 19 heavy (non-hydrogen) atoms. The van der Waals surface area contributed by atoms with Crippen molar-refractivity contribution in [1.29, 1.82) is 0 Å². The molecule has 0 radical (unpaired) electrons. The van der Waals surface area contributed by atoms with Crippen molar-refractivity contribution in [3.63, 3.8) is 0 Å². The molecule has 4 nitrogen and oxygen atoms in total. The molecule has 1 rings (SSSR count). The van der Waals surface area contributed by atoms with Crippen LogP contribution in [0.5, 0.6) is 0 Å². The van der Waals surface area contributed by atoms with Crippen LogP contribution in [-0.2, 0) is 9.59 Å². The summed E-state index contributed by atoms with van der Waals surface area (Å²) < 4.78 is 0. The average Bonchev–Trinajstić information content (AvgIpc) is 2.27. The van der Waals surface area contributed by atoms with Gasteiger partial charge in [-0.25, -0.2) is 0 Å². The van der Waals surface area contributed by atoms with E-state index in [4.69, 9.17) is 0 Å². The van der Waals surface area contributed by atoms with Gasteiger partial charge >= 0.3 is 0 Å². The predicted molar refractivity (Wildman–Crippen MR) is 76.6 cm³/mol. The number of nitrogens with one attached hydrogen (secondary N) is 2. The van der Waals surface area contributed by atoms with Crippen molar-refractivity contribution in [2.75, 3.05) is 0 Å². The third kappa shape index (κ3) is 5.21. The maximum absolute atomic E-state index is 12.1. The van der Waals surface area contributed by atoms with Crippen molar-refractivity contribution < 1.29 is 9.59 Å². The Morgan fingerprint density at radius 1 is 1.21 bits per heavy atom. The number of hydrogen-bond acceptors (Lipinski definition) is 2. The van der Waals surface area contributed by atoms with Crippen molar-refractivity contribution in [3.05, 3.63) is 0 Å². The second-order valence-electron chi connectivity index (χ2n) is 6.92. The van der Waals surface area contributed by atoms with Gasteiger partial charge in [-0.2, -0.15) is 0 Å². The van der Waals surface area contributed by atoms with Gasteiger partial charge in [0.25, 0.3) is 0 Å². The lowest BCUT2D eigenvalue weighted by Gasteiger charge is -2.29. The Morgan fingerprint density at radius 3 is 2.37 bits per heavy atom. The third-order valence-corrected chi connectivity index (χ3v) is 3.70. The molecule has 0 spiro atoms. The Morgan fingerprint density at radius 2 is 1.84 bits per heavy atom. The molecule has 0 heterocycles. The molecule has 3 atom stereocenters. The van der Waals surface area contributed by atoms with Gasteiger partial charge in [-0.15, -0.1) is 0 Å². The highest BCUT2D eigenvalue weighted by Crippen LogP contribution is 2.23. The molecular weight excluding hydrogens is 240 g/mol. The van der Waals surface area contributed by atoms with E-state index >= 15 is 0 Å². The standard InChI is InChI=1S/C15H28N2O2/c1-10-7-6-8-12(9-10)17-13(18)11(2)16-14(19)15(3,4)5/h10-12H,6-9H2,1-5H3,(H,16,19)(H,17,18). The summed E-state index contributed by atoms with van der Waals surface area (Å²) in [6, 6.07) is -0.200. The van der Waals surface area contributed by atoms with Crippen molar-refractivity contribution in [2.24, 2.45) is 11.3 Å². The molecule has 0 aromatic heterocycles. The molecule has 0 aliphatic heterocycles. The normalized spacial score (nSPS) is 25.5. The molecule has 0 saturated heterocycles. The molecule has 4 heteroatoms. The number of carbonyl (C=O) groups excluding carboxylic acids is 2. The second kappa shape index (κ2) is 6.40. The first-order valence-corrected chi connectivity index (χ1v) is 7.31. The summed E-state index contributed by atoms with van der Waals surface area (Å²) in [5, 5.41) is 5.82. The van der Waals surface area contributed by atoms with E-state index in [2.05, 4.69) is 17.6 Å². The maximum atomic E-state index is 12.1. The largest absolute Gasteiger partial charge is 0.352 e. The predicted octanol–water partition coefficient (Wildman–Crippen LogP) is 2.23. The Balaban J connectivity index is 2.42. The average molecular weight is 268 g/mol. The summed E-state index contributed by atoms with van der Waals surface area (Å²) in [7, 11) is 0. The van der Waals surface area contributed by atoms with Crippen LogP contribution in [0.4, 0.5) is 0 Å². The fourth-order valence-corrected chi connectivity index (χ4v) is 2.37. The topological polar surface area (TPSA) is 58.2 Å². The minimum absolute atomic E-state index is 0.0725. The third-order valence-electron chi connectivity index (χ3n) is 3.70. The molecule has 1 fully saturated rings. The van der Waals surface area contributed by atoms with Crippen molar-refractivity contribution in [3.8, 4) is 0 Å². The quantitative estimate of drug-likeness (QED) is 0.824. The lowest BCUT2D eigenvalue weighted by atomic mass is 9.87. The van der Waals surface area contributed by atoms with Gasteiger partial charge in [-0.1, -0.05) is 40.5 Å². The molecular formula is C15H28N2O2. The first-order valence-electron chi connectivity index (χ1n) is 7.31. The lowest BCUT2D eigenvalue weighted by Crippen LogP contribution is -2.51. The molecule has 1 saturated carbocycles. The number of hydrogen-bond donors (Lipinski definition) is 2. The zero-order chi connectivity index (χ0) is 14.6. The van der Waals surface area contributed by atoms with E-state index in [0.29, 0.717) is 5.92 Å². The van der Waals surface area contributed by atoms with Crippen LogP contribution < -0.4 is 10.6 Å². The molecule has 110 valence electrons. The van der Waals surface area contributed by atoms with Gasteiger partial charge in [-0.3, -0.25) is 9.59 Å². The zero-order valence-corrected chi connectivity index (χ0v) is 12.9. The zero-order valence-electron chi connectivity index (χ0n) is 12.9. The minimum atomic E-state index is -0.469. The number of amides is 2. The summed E-state index contributed by atoms with van der Waals surface area (Å²) in [4.78, 5) is 23.9. The SMILES string of the molecule is CC1CCCC(NC(=O)C(C)NC(=O)C(C)(C)C)C1. The van der Waals surface area contributed by atoms with E-state index in [0.717, 1.165) is 12.8 Å². The minimum Gasteiger partial charge on any atom is -0.352 e. The summed E-state index contributed by atoms with van der Waals surface area (Å²) >= 11 is 0. The highest BCUT2D eigenvalue weighted by Gasteiger charge is 2.27. The van der Waals surface area contributed by atoms with E-state index in [-0.39, 0.29) is 17.9 Å². The Bertz CT molecular complexity index is 334. The van der Waals surface area contributed by atoms with Gasteiger partial charge in [0.1, 0.15) is 6.04 Å². The Hall–Kier alpha value is -1.06. The first-order chi connectivity index (χ1) is 8.70. The van der Waals surface area contributed by atoms with Gasteiger partial charge < -0.3 is 10.6 Å². The van der Waals surface area contributed by atoms with Crippen LogP contribution in [0.1, 0.15) is 60.3 Å². The van der Waals surface area contributed by atoms with Crippen LogP contribution in [-0.4, -0.2) is 23.9 Å². The monoisotopic (exact) mass is 268 g/mol. The maximum Gasteiger partial charge on any atom is 0.242 e. The van der Waals surface area contributed by atoms with Crippen molar-refractivity contribution in [2.45, 2.75) is 72.4 Å². The van der Waals surface area contributed by atoms with Gasteiger partial charge in [0, 0.05) is 11.5 Å². The molecule has 0 aromatic carbocycles. The van der Waals surface area contributed by atoms with Crippen molar-refractivity contribution in [1.82, 2.24) is 10.6 Å². The van der Waals surface area contributed by atoms with Gasteiger partial charge in [0.2, 0.25) is 11.8 Å². The number of carbonyl (C=O) groups is 2. The van der Waals surface area contributed by atoms with E-state index in [1.54, 1.807) is 6.92 Å². The first kappa shape index (κ1) is 16.0.